The largest absolute Gasteiger partial charge is 0.371 e. The van der Waals surface area contributed by atoms with Crippen molar-refractivity contribution in [3.8, 4) is 0 Å². The van der Waals surface area contributed by atoms with Crippen LogP contribution in [0.4, 0.5) is 15.8 Å². The fraction of sp³-hybridized carbons (Fsp3) is 0.409. The van der Waals surface area contributed by atoms with Gasteiger partial charge in [0.15, 0.2) is 0 Å². The van der Waals surface area contributed by atoms with Crippen molar-refractivity contribution in [2.75, 3.05) is 29.9 Å². The molecule has 3 rings (SSSR count). The van der Waals surface area contributed by atoms with Gasteiger partial charge in [-0.05, 0) is 68.1 Å². The minimum Gasteiger partial charge on any atom is -0.371 e. The summed E-state index contributed by atoms with van der Waals surface area (Å²) in [6, 6.07) is 13.2. The molecule has 0 atom stereocenters. The number of benzene rings is 2. The Balaban J connectivity index is 1.39. The minimum absolute atomic E-state index is 0.0347. The van der Waals surface area contributed by atoms with E-state index in [1.54, 1.807) is 6.07 Å². The van der Waals surface area contributed by atoms with Crippen LogP contribution < -0.4 is 15.5 Å². The lowest BCUT2D eigenvalue weighted by atomic mass is 10.0. The van der Waals surface area contributed by atoms with Crippen molar-refractivity contribution in [2.45, 2.75) is 39.2 Å². The molecule has 27 heavy (non-hydrogen) atoms. The fourth-order valence-corrected chi connectivity index (χ4v) is 3.63. The van der Waals surface area contributed by atoms with Crippen molar-refractivity contribution < 1.29 is 9.18 Å². The zero-order chi connectivity index (χ0) is 19.2. The first kappa shape index (κ1) is 19.4. The van der Waals surface area contributed by atoms with Crippen molar-refractivity contribution >= 4 is 17.3 Å². The highest BCUT2D eigenvalue weighted by atomic mass is 19.1. The molecular formula is C22H28FN3O. The molecule has 0 aliphatic carbocycles. The number of aryl methyl sites for hydroxylation is 2. The van der Waals surface area contributed by atoms with Crippen LogP contribution in [0.3, 0.4) is 0 Å². The molecule has 0 unspecified atom stereocenters. The minimum atomic E-state index is -0.184. The summed E-state index contributed by atoms with van der Waals surface area (Å²) < 4.78 is 13.3. The summed E-state index contributed by atoms with van der Waals surface area (Å²) in [6.07, 6.45) is 2.51. The normalized spacial score (nSPS) is 15.0. The van der Waals surface area contributed by atoms with Crippen molar-refractivity contribution in [1.82, 2.24) is 5.32 Å². The predicted molar refractivity (Wildman–Crippen MR) is 109 cm³/mol. The second kappa shape index (κ2) is 9.00. The van der Waals surface area contributed by atoms with Gasteiger partial charge in [0.05, 0.1) is 0 Å². The molecule has 0 radical (unpaired) electrons. The van der Waals surface area contributed by atoms with Gasteiger partial charge in [-0.3, -0.25) is 4.79 Å². The summed E-state index contributed by atoms with van der Waals surface area (Å²) in [5, 5.41) is 6.44. The average molecular weight is 369 g/mol. The monoisotopic (exact) mass is 369 g/mol. The van der Waals surface area contributed by atoms with E-state index in [4.69, 9.17) is 0 Å². The Morgan fingerprint density at radius 2 is 1.93 bits per heavy atom. The number of hydrogen-bond donors (Lipinski definition) is 2. The second-order valence-corrected chi connectivity index (χ2v) is 7.31. The van der Waals surface area contributed by atoms with Crippen LogP contribution in [-0.4, -0.2) is 31.6 Å². The summed E-state index contributed by atoms with van der Waals surface area (Å²) in [4.78, 5) is 14.4. The van der Waals surface area contributed by atoms with E-state index in [2.05, 4.69) is 15.5 Å². The number of carbonyl (C=O) groups is 1. The highest BCUT2D eigenvalue weighted by Crippen LogP contribution is 2.24. The van der Waals surface area contributed by atoms with Gasteiger partial charge in [-0.1, -0.05) is 12.1 Å². The van der Waals surface area contributed by atoms with E-state index >= 15 is 0 Å². The number of anilines is 2. The standard InChI is InChI=1S/C22H28FN3O/c1-16-4-3-5-20(14-16)25-22(27)8-11-24-19-9-12-26(13-10-19)21-7-6-18(23)15-17(21)2/h3-7,14-15,19,24H,8-13H2,1-2H3,(H,25,27). The number of amides is 1. The summed E-state index contributed by atoms with van der Waals surface area (Å²) >= 11 is 0. The molecular weight excluding hydrogens is 341 g/mol. The molecule has 1 aliphatic rings. The van der Waals surface area contributed by atoms with Crippen molar-refractivity contribution in [1.29, 1.82) is 0 Å². The van der Waals surface area contributed by atoms with Gasteiger partial charge in [-0.2, -0.15) is 0 Å². The molecule has 0 aromatic heterocycles. The number of carbonyl (C=O) groups excluding carboxylic acids is 1. The van der Waals surface area contributed by atoms with Gasteiger partial charge < -0.3 is 15.5 Å². The molecule has 0 spiro atoms. The predicted octanol–water partition coefficient (Wildman–Crippen LogP) is 4.03. The lowest BCUT2D eigenvalue weighted by Gasteiger charge is -2.35. The summed E-state index contributed by atoms with van der Waals surface area (Å²) in [6.45, 7) is 6.53. The zero-order valence-corrected chi connectivity index (χ0v) is 16.1. The van der Waals surface area contributed by atoms with Crippen LogP contribution in [0.1, 0.15) is 30.4 Å². The highest BCUT2D eigenvalue weighted by molar-refractivity contribution is 5.90. The molecule has 2 aromatic carbocycles. The first-order valence-corrected chi connectivity index (χ1v) is 9.62. The number of hydrogen-bond acceptors (Lipinski definition) is 3. The van der Waals surface area contributed by atoms with Crippen LogP contribution >= 0.6 is 0 Å². The average Bonchev–Trinajstić information content (AvgIpc) is 2.62. The Bertz CT molecular complexity index is 785. The van der Waals surface area contributed by atoms with E-state index in [1.807, 2.05) is 44.2 Å². The number of piperidine rings is 1. The molecule has 1 fully saturated rings. The van der Waals surface area contributed by atoms with Crippen LogP contribution in [0.5, 0.6) is 0 Å². The van der Waals surface area contributed by atoms with Crippen molar-refractivity contribution in [3.05, 3.63) is 59.4 Å². The highest BCUT2D eigenvalue weighted by Gasteiger charge is 2.20. The Morgan fingerprint density at radius 1 is 1.15 bits per heavy atom. The molecule has 1 amide bonds. The first-order chi connectivity index (χ1) is 13.0. The lowest BCUT2D eigenvalue weighted by Crippen LogP contribution is -2.43. The van der Waals surface area contributed by atoms with E-state index < -0.39 is 0 Å². The molecule has 2 N–H and O–H groups in total. The summed E-state index contributed by atoms with van der Waals surface area (Å²) in [7, 11) is 0. The van der Waals surface area contributed by atoms with Gasteiger partial charge in [-0.15, -0.1) is 0 Å². The van der Waals surface area contributed by atoms with E-state index in [-0.39, 0.29) is 11.7 Å². The van der Waals surface area contributed by atoms with E-state index in [1.165, 1.54) is 6.07 Å². The van der Waals surface area contributed by atoms with Gasteiger partial charge in [0.2, 0.25) is 5.91 Å². The van der Waals surface area contributed by atoms with Crippen LogP contribution in [0.15, 0.2) is 42.5 Å². The number of nitrogens with one attached hydrogen (secondary N) is 2. The third kappa shape index (κ3) is 5.54. The van der Waals surface area contributed by atoms with Crippen molar-refractivity contribution in [2.24, 2.45) is 0 Å². The molecule has 4 nitrogen and oxygen atoms in total. The van der Waals surface area contributed by atoms with E-state index in [0.717, 1.165) is 48.4 Å². The maximum Gasteiger partial charge on any atom is 0.225 e. The van der Waals surface area contributed by atoms with Gasteiger partial charge in [0.25, 0.3) is 0 Å². The van der Waals surface area contributed by atoms with E-state index in [9.17, 15) is 9.18 Å². The Hall–Kier alpha value is -2.40. The van der Waals surface area contributed by atoms with Gasteiger partial charge in [0, 0.05) is 43.5 Å². The van der Waals surface area contributed by atoms with Gasteiger partial charge in [0.1, 0.15) is 5.82 Å². The van der Waals surface area contributed by atoms with Crippen LogP contribution in [0.25, 0.3) is 0 Å². The maximum atomic E-state index is 13.3. The third-order valence-corrected chi connectivity index (χ3v) is 5.08. The van der Waals surface area contributed by atoms with Gasteiger partial charge in [-0.25, -0.2) is 4.39 Å². The lowest BCUT2D eigenvalue weighted by molar-refractivity contribution is -0.116. The number of rotatable bonds is 6. The third-order valence-electron chi connectivity index (χ3n) is 5.08. The molecule has 1 heterocycles. The Morgan fingerprint density at radius 3 is 2.63 bits per heavy atom. The van der Waals surface area contributed by atoms with Crippen LogP contribution in [-0.2, 0) is 4.79 Å². The fourth-order valence-electron chi connectivity index (χ4n) is 3.63. The Labute approximate surface area is 160 Å². The number of nitrogens with zero attached hydrogens (tertiary/aromatic N) is 1. The molecule has 0 bridgehead atoms. The molecule has 144 valence electrons. The topological polar surface area (TPSA) is 44.4 Å². The first-order valence-electron chi connectivity index (χ1n) is 9.62. The quantitative estimate of drug-likeness (QED) is 0.808. The van der Waals surface area contributed by atoms with Crippen LogP contribution in [0, 0.1) is 19.7 Å². The molecule has 0 saturated carbocycles. The van der Waals surface area contributed by atoms with Gasteiger partial charge >= 0.3 is 0 Å². The molecule has 2 aromatic rings. The number of halogens is 1. The Kier molecular flexibility index (Phi) is 6.45. The smallest absolute Gasteiger partial charge is 0.225 e. The van der Waals surface area contributed by atoms with E-state index in [0.29, 0.717) is 19.0 Å². The molecule has 1 aliphatic heterocycles. The van der Waals surface area contributed by atoms with Crippen LogP contribution in [0.2, 0.25) is 0 Å². The SMILES string of the molecule is Cc1cccc(NC(=O)CCNC2CCN(c3ccc(F)cc3C)CC2)c1. The summed E-state index contributed by atoms with van der Waals surface area (Å²) in [5.74, 6) is -0.149. The zero-order valence-electron chi connectivity index (χ0n) is 16.1. The second-order valence-electron chi connectivity index (χ2n) is 7.31. The molecule has 1 saturated heterocycles. The molecule has 5 heteroatoms. The van der Waals surface area contributed by atoms with Crippen molar-refractivity contribution in [3.63, 3.8) is 0 Å². The summed E-state index contributed by atoms with van der Waals surface area (Å²) in [5.41, 5.74) is 4.08. The maximum absolute atomic E-state index is 13.3.